The van der Waals surface area contributed by atoms with Crippen molar-refractivity contribution in [3.8, 4) is 5.69 Å². The van der Waals surface area contributed by atoms with Gasteiger partial charge in [-0.05, 0) is 24.6 Å². The summed E-state index contributed by atoms with van der Waals surface area (Å²) in [6.07, 6.45) is -4.71. The molecule has 0 fully saturated rings. The Morgan fingerprint density at radius 2 is 1.92 bits per heavy atom. The van der Waals surface area contributed by atoms with Crippen LogP contribution in [0.1, 0.15) is 35.4 Å². The van der Waals surface area contributed by atoms with Crippen molar-refractivity contribution in [1.29, 1.82) is 0 Å². The van der Waals surface area contributed by atoms with Crippen molar-refractivity contribution in [3.63, 3.8) is 0 Å². The maximum Gasteiger partial charge on any atom is 0.397 e. The second-order valence-electron chi connectivity index (χ2n) is 5.09. The molecule has 2 aromatic rings. The topological polar surface area (TPSA) is 103 Å². The molecule has 1 atom stereocenters. The van der Waals surface area contributed by atoms with Crippen LogP contribution in [0.3, 0.4) is 0 Å². The molecule has 0 aliphatic carbocycles. The van der Waals surface area contributed by atoms with E-state index in [4.69, 9.17) is 5.73 Å². The molecule has 0 spiro atoms. The number of hydrogen-bond acceptors (Lipinski definition) is 4. The van der Waals surface area contributed by atoms with E-state index < -0.39 is 30.5 Å². The smallest absolute Gasteiger partial charge is 0.364 e. The number of alkyl halides is 3. The summed E-state index contributed by atoms with van der Waals surface area (Å²) in [7, 11) is 0. The zero-order valence-electron chi connectivity index (χ0n) is 12.5. The van der Waals surface area contributed by atoms with E-state index in [0.717, 1.165) is 0 Å². The summed E-state index contributed by atoms with van der Waals surface area (Å²) in [5, 5.41) is 9.62. The Bertz CT molecular complexity index is 740. The molecule has 0 bridgehead atoms. The van der Waals surface area contributed by atoms with E-state index in [9.17, 15) is 22.8 Å². The van der Waals surface area contributed by atoms with Gasteiger partial charge in [-0.1, -0.05) is 17.3 Å². The van der Waals surface area contributed by atoms with Gasteiger partial charge in [-0.15, -0.1) is 5.10 Å². The van der Waals surface area contributed by atoms with E-state index in [-0.39, 0.29) is 5.69 Å². The van der Waals surface area contributed by atoms with Gasteiger partial charge < -0.3 is 11.1 Å². The summed E-state index contributed by atoms with van der Waals surface area (Å²) < 4.78 is 37.8. The van der Waals surface area contributed by atoms with E-state index in [1.165, 1.54) is 10.9 Å². The lowest BCUT2D eigenvalue weighted by Gasteiger charge is -2.15. The lowest BCUT2D eigenvalue weighted by molar-refractivity contribution is -0.154. The lowest BCUT2D eigenvalue weighted by atomic mass is 10.1. The van der Waals surface area contributed by atoms with Gasteiger partial charge in [-0.3, -0.25) is 9.59 Å². The minimum absolute atomic E-state index is 0.00635. The first-order chi connectivity index (χ1) is 11.2. The maximum absolute atomic E-state index is 12.1. The van der Waals surface area contributed by atoms with Gasteiger partial charge in [0.25, 0.3) is 5.91 Å². The third kappa shape index (κ3) is 4.54. The quantitative estimate of drug-likeness (QED) is 0.860. The summed E-state index contributed by atoms with van der Waals surface area (Å²) in [6, 6.07) is 5.91. The van der Waals surface area contributed by atoms with Crippen molar-refractivity contribution in [1.82, 2.24) is 20.3 Å². The Labute approximate surface area is 134 Å². The molecule has 2 amide bonds. The summed E-state index contributed by atoms with van der Waals surface area (Å²) in [6.45, 7) is 1.57. The number of nitrogens with one attached hydrogen (secondary N) is 1. The highest BCUT2D eigenvalue weighted by molar-refractivity contribution is 5.90. The minimum atomic E-state index is -4.54. The van der Waals surface area contributed by atoms with Crippen molar-refractivity contribution in [2.24, 2.45) is 5.73 Å². The average Bonchev–Trinajstić information content (AvgIpc) is 2.95. The van der Waals surface area contributed by atoms with Crippen LogP contribution >= 0.6 is 0 Å². The summed E-state index contributed by atoms with van der Waals surface area (Å²) >= 11 is 0. The van der Waals surface area contributed by atoms with Crippen molar-refractivity contribution in [2.45, 2.75) is 25.6 Å². The Kier molecular flexibility index (Phi) is 4.86. The molecule has 0 saturated heterocycles. The molecule has 1 heterocycles. The summed E-state index contributed by atoms with van der Waals surface area (Å²) in [5.74, 6) is -1.81. The predicted molar refractivity (Wildman–Crippen MR) is 77.1 cm³/mol. The highest BCUT2D eigenvalue weighted by Crippen LogP contribution is 2.21. The fraction of sp³-hybridized carbons (Fsp3) is 0.286. The summed E-state index contributed by atoms with van der Waals surface area (Å²) in [4.78, 5) is 22.3. The molecule has 0 radical (unpaired) electrons. The molecule has 2 rings (SSSR count). The van der Waals surface area contributed by atoms with Gasteiger partial charge in [0.2, 0.25) is 5.91 Å². The highest BCUT2D eigenvalue weighted by atomic mass is 19.4. The highest BCUT2D eigenvalue weighted by Gasteiger charge is 2.31. The number of benzene rings is 1. The molecule has 0 aliphatic rings. The second-order valence-corrected chi connectivity index (χ2v) is 5.09. The molecule has 0 saturated carbocycles. The van der Waals surface area contributed by atoms with Crippen molar-refractivity contribution in [2.75, 3.05) is 0 Å². The molecule has 7 nitrogen and oxygen atoms in total. The molecule has 24 heavy (non-hydrogen) atoms. The molecular weight excluding hydrogens is 327 g/mol. The molecule has 0 aliphatic heterocycles. The number of primary amides is 1. The van der Waals surface area contributed by atoms with Gasteiger partial charge in [0.1, 0.15) is 6.42 Å². The van der Waals surface area contributed by atoms with Gasteiger partial charge in [-0.25, -0.2) is 4.68 Å². The number of carbonyl (C=O) groups excluding carboxylic acids is 2. The van der Waals surface area contributed by atoms with Crippen LogP contribution in [0.4, 0.5) is 13.2 Å². The third-order valence-electron chi connectivity index (χ3n) is 3.14. The van der Waals surface area contributed by atoms with Crippen LogP contribution in [0.25, 0.3) is 5.69 Å². The largest absolute Gasteiger partial charge is 0.397 e. The third-order valence-corrected chi connectivity index (χ3v) is 3.14. The number of nitrogens with zero attached hydrogens (tertiary/aromatic N) is 3. The molecule has 1 aromatic heterocycles. The number of amides is 2. The predicted octanol–water partition coefficient (Wildman–Crippen LogP) is 1.50. The molecule has 128 valence electrons. The first-order valence-corrected chi connectivity index (χ1v) is 6.84. The van der Waals surface area contributed by atoms with E-state index >= 15 is 0 Å². The lowest BCUT2D eigenvalue weighted by Crippen LogP contribution is -2.30. The van der Waals surface area contributed by atoms with Crippen molar-refractivity contribution < 1.29 is 22.8 Å². The standard InChI is InChI=1S/C14H14F3N5O2/c1-8(19-12(23)6-14(15,16)17)9-2-4-10(5-3-9)22-7-11(13(18)24)20-21-22/h2-5,7-8H,6H2,1H3,(H2,18,24)(H,19,23). The molecule has 1 aromatic carbocycles. The van der Waals surface area contributed by atoms with Gasteiger partial charge in [-0.2, -0.15) is 13.2 Å². The number of rotatable bonds is 5. The fourth-order valence-electron chi connectivity index (χ4n) is 1.98. The Morgan fingerprint density at radius 1 is 1.29 bits per heavy atom. The fourth-order valence-corrected chi connectivity index (χ4v) is 1.98. The zero-order valence-corrected chi connectivity index (χ0v) is 12.5. The van der Waals surface area contributed by atoms with Crippen LogP contribution in [0.15, 0.2) is 30.5 Å². The van der Waals surface area contributed by atoms with Crippen molar-refractivity contribution in [3.05, 3.63) is 41.7 Å². The first kappa shape index (κ1) is 17.4. The van der Waals surface area contributed by atoms with E-state index in [1.807, 2.05) is 0 Å². The molecular formula is C14H14F3N5O2. The monoisotopic (exact) mass is 341 g/mol. The normalized spacial score (nSPS) is 12.7. The van der Waals surface area contributed by atoms with Crippen LogP contribution < -0.4 is 11.1 Å². The number of carbonyl (C=O) groups is 2. The number of halogens is 3. The first-order valence-electron chi connectivity index (χ1n) is 6.84. The van der Waals surface area contributed by atoms with Gasteiger partial charge in [0, 0.05) is 0 Å². The Hall–Kier alpha value is -2.91. The number of hydrogen-bond donors (Lipinski definition) is 2. The van der Waals surface area contributed by atoms with Crippen LogP contribution in [-0.2, 0) is 4.79 Å². The average molecular weight is 341 g/mol. The van der Waals surface area contributed by atoms with Crippen molar-refractivity contribution >= 4 is 11.8 Å². The number of aromatic nitrogens is 3. The van der Waals surface area contributed by atoms with Gasteiger partial charge in [0.05, 0.1) is 17.9 Å². The SMILES string of the molecule is CC(NC(=O)CC(F)(F)F)c1ccc(-n2cc(C(N)=O)nn2)cc1. The van der Waals surface area contributed by atoms with Crippen LogP contribution in [0.5, 0.6) is 0 Å². The number of nitrogens with two attached hydrogens (primary N) is 1. The van der Waals surface area contributed by atoms with Crippen LogP contribution in [-0.4, -0.2) is 33.0 Å². The van der Waals surface area contributed by atoms with Gasteiger partial charge in [0.15, 0.2) is 5.69 Å². The van der Waals surface area contributed by atoms with E-state index in [1.54, 1.807) is 31.2 Å². The molecule has 3 N–H and O–H groups in total. The van der Waals surface area contributed by atoms with Crippen LogP contribution in [0.2, 0.25) is 0 Å². The molecule has 1 unspecified atom stereocenters. The zero-order chi connectivity index (χ0) is 17.9. The van der Waals surface area contributed by atoms with E-state index in [0.29, 0.717) is 11.3 Å². The van der Waals surface area contributed by atoms with Gasteiger partial charge >= 0.3 is 6.18 Å². The summed E-state index contributed by atoms with van der Waals surface area (Å²) in [5.41, 5.74) is 6.28. The Morgan fingerprint density at radius 3 is 2.42 bits per heavy atom. The second kappa shape index (κ2) is 6.69. The van der Waals surface area contributed by atoms with Crippen LogP contribution in [0, 0.1) is 0 Å². The molecule has 10 heteroatoms. The maximum atomic E-state index is 12.1. The Balaban J connectivity index is 2.05. The van der Waals surface area contributed by atoms with E-state index in [2.05, 4.69) is 15.6 Å². The minimum Gasteiger partial charge on any atom is -0.364 e.